The SMILES string of the molecule is Fc1ccc(C(CCCN2CCOc3cccc4onc2c34)c2ccc(F)cc2)cc1. The molecule has 0 saturated carbocycles. The maximum Gasteiger partial charge on any atom is 0.183 e. The summed E-state index contributed by atoms with van der Waals surface area (Å²) in [6.45, 7) is 2.07. The first kappa shape index (κ1) is 19.5. The van der Waals surface area contributed by atoms with Gasteiger partial charge in [0.1, 0.15) is 29.4 Å². The van der Waals surface area contributed by atoms with Crippen LogP contribution in [0.1, 0.15) is 29.9 Å². The van der Waals surface area contributed by atoms with Crippen molar-refractivity contribution in [2.75, 3.05) is 24.6 Å². The summed E-state index contributed by atoms with van der Waals surface area (Å²) in [5.41, 5.74) is 2.75. The van der Waals surface area contributed by atoms with E-state index in [2.05, 4.69) is 10.1 Å². The number of hydrogen-bond donors (Lipinski definition) is 0. The number of aromatic nitrogens is 1. The van der Waals surface area contributed by atoms with Gasteiger partial charge in [0.15, 0.2) is 11.4 Å². The predicted octanol–water partition coefficient (Wildman–Crippen LogP) is 5.92. The minimum absolute atomic E-state index is 0.0500. The van der Waals surface area contributed by atoms with Gasteiger partial charge in [-0.15, -0.1) is 0 Å². The maximum atomic E-state index is 13.5. The minimum Gasteiger partial charge on any atom is -0.491 e. The summed E-state index contributed by atoms with van der Waals surface area (Å²) in [6.07, 6.45) is 1.70. The standard InChI is InChI=1S/C25H22F2N2O2/c26-19-10-6-17(7-11-19)21(18-8-12-20(27)13-9-18)3-2-14-29-15-16-30-22-4-1-5-23-24(22)25(29)28-31-23/h1,4-13,21H,2-3,14-16H2. The van der Waals surface area contributed by atoms with Crippen molar-refractivity contribution in [3.05, 3.63) is 89.5 Å². The van der Waals surface area contributed by atoms with E-state index in [0.717, 1.165) is 53.0 Å². The highest BCUT2D eigenvalue weighted by molar-refractivity contribution is 5.94. The lowest BCUT2D eigenvalue weighted by Gasteiger charge is -2.23. The van der Waals surface area contributed by atoms with E-state index in [0.29, 0.717) is 13.2 Å². The quantitative estimate of drug-likeness (QED) is 0.388. The smallest absolute Gasteiger partial charge is 0.183 e. The van der Waals surface area contributed by atoms with Gasteiger partial charge in [0.25, 0.3) is 0 Å². The van der Waals surface area contributed by atoms with Crippen LogP contribution < -0.4 is 9.64 Å². The molecule has 2 heterocycles. The number of nitrogens with zero attached hydrogens (tertiary/aromatic N) is 2. The monoisotopic (exact) mass is 420 g/mol. The molecule has 4 nitrogen and oxygen atoms in total. The van der Waals surface area contributed by atoms with Gasteiger partial charge < -0.3 is 14.2 Å². The predicted molar refractivity (Wildman–Crippen MR) is 116 cm³/mol. The molecule has 1 aliphatic rings. The number of benzene rings is 3. The highest BCUT2D eigenvalue weighted by atomic mass is 19.1. The fraction of sp³-hybridized carbons (Fsp3) is 0.240. The first-order chi connectivity index (χ1) is 15.2. The molecule has 4 aromatic rings. The molecular weight excluding hydrogens is 398 g/mol. The first-order valence-electron chi connectivity index (χ1n) is 10.5. The van der Waals surface area contributed by atoms with Gasteiger partial charge in [-0.05, 0) is 60.4 Å². The number of ether oxygens (including phenoxy) is 1. The van der Waals surface area contributed by atoms with Crippen molar-refractivity contribution in [1.82, 2.24) is 5.16 Å². The molecule has 0 saturated heterocycles. The van der Waals surface area contributed by atoms with E-state index >= 15 is 0 Å². The van der Waals surface area contributed by atoms with Gasteiger partial charge in [-0.2, -0.15) is 0 Å². The number of halogens is 2. The molecular formula is C25H22F2N2O2. The highest BCUT2D eigenvalue weighted by Crippen LogP contribution is 2.36. The van der Waals surface area contributed by atoms with E-state index in [1.54, 1.807) is 24.3 Å². The lowest BCUT2D eigenvalue weighted by Crippen LogP contribution is -2.28. The molecule has 0 amide bonds. The van der Waals surface area contributed by atoms with E-state index in [1.165, 1.54) is 24.3 Å². The Hall–Kier alpha value is -3.41. The Morgan fingerprint density at radius 1 is 0.903 bits per heavy atom. The van der Waals surface area contributed by atoms with Gasteiger partial charge in [-0.1, -0.05) is 35.5 Å². The summed E-state index contributed by atoms with van der Waals surface area (Å²) in [5, 5.41) is 5.20. The van der Waals surface area contributed by atoms with Crippen molar-refractivity contribution in [1.29, 1.82) is 0 Å². The van der Waals surface area contributed by atoms with Gasteiger partial charge in [0.05, 0.1) is 6.54 Å². The fourth-order valence-electron chi connectivity index (χ4n) is 4.27. The van der Waals surface area contributed by atoms with E-state index in [1.807, 2.05) is 18.2 Å². The van der Waals surface area contributed by atoms with Gasteiger partial charge in [-0.25, -0.2) is 8.78 Å². The molecule has 5 rings (SSSR count). The Morgan fingerprint density at radius 2 is 1.58 bits per heavy atom. The summed E-state index contributed by atoms with van der Waals surface area (Å²) >= 11 is 0. The summed E-state index contributed by atoms with van der Waals surface area (Å²) < 4.78 is 38.3. The van der Waals surface area contributed by atoms with Crippen LogP contribution in [0, 0.1) is 11.6 Å². The third-order valence-electron chi connectivity index (χ3n) is 5.83. The van der Waals surface area contributed by atoms with Crippen molar-refractivity contribution < 1.29 is 18.0 Å². The van der Waals surface area contributed by atoms with E-state index < -0.39 is 0 Å². The van der Waals surface area contributed by atoms with Crippen molar-refractivity contribution in [2.45, 2.75) is 18.8 Å². The molecule has 0 radical (unpaired) electrons. The molecule has 0 fully saturated rings. The zero-order valence-electron chi connectivity index (χ0n) is 16.9. The molecule has 31 heavy (non-hydrogen) atoms. The van der Waals surface area contributed by atoms with Gasteiger partial charge in [0, 0.05) is 12.5 Å². The van der Waals surface area contributed by atoms with Crippen molar-refractivity contribution in [2.24, 2.45) is 0 Å². The van der Waals surface area contributed by atoms with Crippen LogP contribution in [0.25, 0.3) is 11.0 Å². The van der Waals surface area contributed by atoms with Crippen LogP contribution in [0.4, 0.5) is 14.6 Å². The second kappa shape index (κ2) is 8.38. The largest absolute Gasteiger partial charge is 0.491 e. The van der Waals surface area contributed by atoms with Crippen LogP contribution in [0.3, 0.4) is 0 Å². The van der Waals surface area contributed by atoms with Gasteiger partial charge in [0.2, 0.25) is 0 Å². The lowest BCUT2D eigenvalue weighted by molar-refractivity contribution is 0.328. The Bertz CT molecular complexity index is 1130. The van der Waals surface area contributed by atoms with Crippen molar-refractivity contribution >= 4 is 16.8 Å². The molecule has 0 unspecified atom stereocenters. The normalized spacial score (nSPS) is 13.5. The van der Waals surface area contributed by atoms with Crippen LogP contribution in [0.5, 0.6) is 5.75 Å². The third kappa shape index (κ3) is 3.98. The molecule has 158 valence electrons. The van der Waals surface area contributed by atoms with E-state index in [9.17, 15) is 8.78 Å². The fourth-order valence-corrected chi connectivity index (χ4v) is 4.27. The topological polar surface area (TPSA) is 38.5 Å². The Kier molecular flexibility index (Phi) is 5.28. The molecule has 0 aliphatic carbocycles. The van der Waals surface area contributed by atoms with Crippen molar-refractivity contribution in [3.8, 4) is 5.75 Å². The van der Waals surface area contributed by atoms with Gasteiger partial charge >= 0.3 is 0 Å². The second-order valence-corrected chi connectivity index (χ2v) is 7.77. The molecule has 6 heteroatoms. The Balaban J connectivity index is 1.36. The van der Waals surface area contributed by atoms with Gasteiger partial charge in [-0.3, -0.25) is 0 Å². The van der Waals surface area contributed by atoms with Crippen molar-refractivity contribution in [3.63, 3.8) is 0 Å². The van der Waals surface area contributed by atoms with Crippen LogP contribution >= 0.6 is 0 Å². The summed E-state index contributed by atoms with van der Waals surface area (Å²) in [5.74, 6) is 1.13. The van der Waals surface area contributed by atoms with Crippen LogP contribution in [0.2, 0.25) is 0 Å². The Labute approximate surface area is 179 Å². The molecule has 0 bridgehead atoms. The molecule has 1 aliphatic heterocycles. The third-order valence-corrected chi connectivity index (χ3v) is 5.83. The molecule has 0 atom stereocenters. The van der Waals surface area contributed by atoms with Crippen LogP contribution in [-0.2, 0) is 0 Å². The zero-order chi connectivity index (χ0) is 21.2. The minimum atomic E-state index is -0.264. The van der Waals surface area contributed by atoms with Crippen LogP contribution in [0.15, 0.2) is 71.3 Å². The number of anilines is 1. The maximum absolute atomic E-state index is 13.5. The molecule has 0 N–H and O–H groups in total. The number of rotatable bonds is 6. The molecule has 1 aromatic heterocycles. The summed E-state index contributed by atoms with van der Waals surface area (Å²) in [6, 6.07) is 18.8. The lowest BCUT2D eigenvalue weighted by atomic mass is 9.87. The average Bonchev–Trinajstić information content (AvgIpc) is 3.13. The average molecular weight is 420 g/mol. The summed E-state index contributed by atoms with van der Waals surface area (Å²) in [4.78, 5) is 2.19. The van der Waals surface area contributed by atoms with E-state index in [4.69, 9.17) is 9.26 Å². The van der Waals surface area contributed by atoms with Crippen LogP contribution in [-0.4, -0.2) is 24.9 Å². The Morgan fingerprint density at radius 3 is 2.26 bits per heavy atom. The molecule has 3 aromatic carbocycles. The number of hydrogen-bond acceptors (Lipinski definition) is 4. The highest BCUT2D eigenvalue weighted by Gasteiger charge is 2.23. The molecule has 0 spiro atoms. The zero-order valence-corrected chi connectivity index (χ0v) is 16.9. The first-order valence-corrected chi connectivity index (χ1v) is 10.5. The summed E-state index contributed by atoms with van der Waals surface area (Å²) in [7, 11) is 0. The van der Waals surface area contributed by atoms with E-state index in [-0.39, 0.29) is 17.6 Å². The second-order valence-electron chi connectivity index (χ2n) is 7.77.